The van der Waals surface area contributed by atoms with Crippen LogP contribution in [0.4, 0.5) is 28.4 Å². The van der Waals surface area contributed by atoms with E-state index >= 15 is 0 Å². The Hall–Kier alpha value is -8.25. The number of azo groups is 2. The van der Waals surface area contributed by atoms with E-state index in [1.165, 1.54) is 62.8 Å². The third-order valence-electron chi connectivity index (χ3n) is 10.8. The summed E-state index contributed by atoms with van der Waals surface area (Å²) in [6.45, 7) is 0. The Morgan fingerprint density at radius 1 is 0.560 bits per heavy atom. The number of nitro groups is 1. The summed E-state index contributed by atoms with van der Waals surface area (Å²) in [6, 6.07) is 17.1. The van der Waals surface area contributed by atoms with Gasteiger partial charge in [-0.3, -0.25) is 32.9 Å². The smallest absolute Gasteiger partial charge is 0.296 e. The molecule has 0 amide bonds. The minimum absolute atomic E-state index is 0.0367. The molecule has 6 N–H and O–H groups in total. The van der Waals surface area contributed by atoms with Crippen LogP contribution in [0.5, 0.6) is 17.2 Å². The highest BCUT2D eigenvalue weighted by atomic mass is 32.2. The van der Waals surface area contributed by atoms with Gasteiger partial charge in [0.25, 0.3) is 56.3 Å². The van der Waals surface area contributed by atoms with Crippen LogP contribution < -0.4 is 9.47 Å². The molecule has 7 aromatic carbocycles. The Morgan fingerprint density at radius 3 is 1.68 bits per heavy atom. The molecule has 0 fully saturated rings. The number of nitrogens with zero attached hydrogens (tertiary/aromatic N) is 8. The number of hydrogen-bond acceptors (Lipinski definition) is 21. The Morgan fingerprint density at radius 2 is 1.12 bits per heavy atom. The topological polar surface area (TPSA) is 434 Å². The number of aromatic nitrogens is 3. The van der Waals surface area contributed by atoms with Crippen molar-refractivity contribution < 1.29 is 84.4 Å². The van der Waals surface area contributed by atoms with E-state index in [1.807, 2.05) is 0 Å². The van der Waals surface area contributed by atoms with Crippen molar-refractivity contribution in [3.05, 3.63) is 118 Å². The van der Waals surface area contributed by atoms with Crippen LogP contribution in [0.25, 0.3) is 50.4 Å². The molecular formula is C42H30N8O20S5. The van der Waals surface area contributed by atoms with Gasteiger partial charge in [0.05, 0.1) is 35.4 Å². The normalized spacial score (nSPS) is 13.0. The van der Waals surface area contributed by atoms with Crippen LogP contribution in [0.15, 0.2) is 142 Å². The molecular weight excluding hydrogens is 1100 g/mol. The fraction of sp³-hybridized carbons (Fsp3) is 0.0476. The van der Waals surface area contributed by atoms with E-state index in [-0.39, 0.29) is 78.0 Å². The zero-order chi connectivity index (χ0) is 54.7. The van der Waals surface area contributed by atoms with Crippen molar-refractivity contribution in [3.63, 3.8) is 0 Å². The third-order valence-corrected chi connectivity index (χ3v) is 15.2. The van der Waals surface area contributed by atoms with Gasteiger partial charge in [-0.05, 0) is 77.2 Å². The van der Waals surface area contributed by atoms with Crippen LogP contribution in [0, 0.1) is 10.1 Å². The fourth-order valence-corrected chi connectivity index (χ4v) is 10.8. The number of benzene rings is 7. The average molecular weight is 1130 g/mol. The van der Waals surface area contributed by atoms with Crippen LogP contribution in [0.3, 0.4) is 0 Å². The quantitative estimate of drug-likeness (QED) is 0.0189. The third kappa shape index (κ3) is 10.9. The second kappa shape index (κ2) is 19.2. The number of hydrogen-bond donors (Lipinski definition) is 6. The first-order valence-corrected chi connectivity index (χ1v) is 27.4. The average Bonchev–Trinajstić information content (AvgIpc) is 3.79. The standard InChI is InChI=1S/C42H30N8O20S5/c1-69-34-20-33(35(70-2)19-32(34)44-43-24-7-5-21(36(15-24)72(57,58)59)3-4-22-6-8-26(50(52)53)16-37(22)73(60,61)62)45-46-41-39(75(66,67)68)14-23-13-25(9-10-28(23)42(41)51)49-47-31-12-11-29-30(40(31)48-49)17-27(71(54,55)56)18-38(29)74(63,64)65/h3-20,51H,1-2H3,(H,54,55,56)(H,57,58,59)(H,60,61,62)(H,63,64,65)(H,66,67,68)/b4-3-,44-43?,46-45?. The molecule has 33 heteroatoms. The number of rotatable bonds is 15. The molecule has 0 radical (unpaired) electrons. The number of ether oxygens (including phenoxy) is 2. The van der Waals surface area contributed by atoms with Gasteiger partial charge in [-0.1, -0.05) is 24.3 Å². The van der Waals surface area contributed by atoms with Crippen molar-refractivity contribution in [1.82, 2.24) is 15.0 Å². The summed E-state index contributed by atoms with van der Waals surface area (Å²) in [4.78, 5) is 7.00. The minimum Gasteiger partial charge on any atom is -0.505 e. The first kappa shape index (κ1) is 53.1. The molecule has 0 atom stereocenters. The Balaban J connectivity index is 1.12. The summed E-state index contributed by atoms with van der Waals surface area (Å²) in [5, 5.41) is 46.9. The lowest BCUT2D eigenvalue weighted by molar-refractivity contribution is -0.385. The van der Waals surface area contributed by atoms with E-state index in [4.69, 9.17) is 9.47 Å². The van der Waals surface area contributed by atoms with E-state index in [0.717, 1.165) is 53.3 Å². The highest BCUT2D eigenvalue weighted by molar-refractivity contribution is 7.87. The van der Waals surface area contributed by atoms with Gasteiger partial charge in [-0.25, -0.2) is 0 Å². The maximum Gasteiger partial charge on any atom is 0.296 e. The summed E-state index contributed by atoms with van der Waals surface area (Å²) in [5.41, 5.74) is -2.27. The summed E-state index contributed by atoms with van der Waals surface area (Å²) < 4.78 is 183. The number of fused-ring (bicyclic) bond motifs is 4. The Labute approximate surface area is 421 Å². The molecule has 0 aliphatic carbocycles. The van der Waals surface area contributed by atoms with Gasteiger partial charge in [0.15, 0.2) is 5.75 Å². The van der Waals surface area contributed by atoms with Crippen molar-refractivity contribution in [3.8, 4) is 22.9 Å². The number of phenols is 1. The van der Waals surface area contributed by atoms with Crippen LogP contribution in [-0.4, -0.2) is 104 Å². The van der Waals surface area contributed by atoms with Gasteiger partial charge in [-0.15, -0.1) is 25.5 Å². The maximum atomic E-state index is 12.8. The first-order chi connectivity index (χ1) is 35.0. The molecule has 75 heavy (non-hydrogen) atoms. The molecule has 0 bridgehead atoms. The van der Waals surface area contributed by atoms with Crippen molar-refractivity contribution in [2.75, 3.05) is 14.2 Å². The lowest BCUT2D eigenvalue weighted by Gasteiger charge is -2.11. The Kier molecular flexibility index (Phi) is 13.6. The first-order valence-electron chi connectivity index (χ1n) is 20.2. The largest absolute Gasteiger partial charge is 0.505 e. The number of nitro benzene ring substituents is 1. The van der Waals surface area contributed by atoms with Gasteiger partial charge in [0.1, 0.15) is 59.2 Å². The molecule has 8 aromatic rings. The van der Waals surface area contributed by atoms with Crippen molar-refractivity contribution in [1.29, 1.82) is 0 Å². The summed E-state index contributed by atoms with van der Waals surface area (Å²) in [6.07, 6.45) is 2.07. The van der Waals surface area contributed by atoms with E-state index < -0.39 is 97.1 Å². The number of methoxy groups -OCH3 is 2. The van der Waals surface area contributed by atoms with E-state index in [2.05, 4.69) is 30.7 Å². The maximum absolute atomic E-state index is 12.8. The molecule has 0 saturated heterocycles. The highest BCUT2D eigenvalue weighted by Gasteiger charge is 2.26. The van der Waals surface area contributed by atoms with Gasteiger partial charge in [0.2, 0.25) is 0 Å². The molecule has 28 nitrogen and oxygen atoms in total. The SMILES string of the molecule is COc1cc(N=Nc2c(S(=O)(=O)O)cc3cc(-n4nc5ccc6c(S(=O)(=O)O)cc(S(=O)(=O)O)cc6c5n4)ccc3c2O)c(OC)cc1N=Nc1ccc(/C=C\c2ccc([N+](=O)[O-])cc2S(=O)(=O)O)c(S(=O)(=O)O)c1. The van der Waals surface area contributed by atoms with E-state index in [1.54, 1.807) is 0 Å². The number of aromatic hydroxyl groups is 1. The van der Waals surface area contributed by atoms with Crippen LogP contribution in [0.2, 0.25) is 0 Å². The highest BCUT2D eigenvalue weighted by Crippen LogP contribution is 2.45. The van der Waals surface area contributed by atoms with Crippen molar-refractivity contribution in [2.24, 2.45) is 20.5 Å². The van der Waals surface area contributed by atoms with Gasteiger partial charge in [0, 0.05) is 40.4 Å². The second-order valence-corrected chi connectivity index (χ2v) is 22.4. The lowest BCUT2D eigenvalue weighted by Crippen LogP contribution is -2.04. The lowest BCUT2D eigenvalue weighted by atomic mass is 10.1. The molecule has 0 aliphatic heterocycles. The monoisotopic (exact) mass is 1130 g/mol. The van der Waals surface area contributed by atoms with Crippen LogP contribution >= 0.6 is 0 Å². The number of phenolic OH excluding ortho intramolecular Hbond substituents is 1. The van der Waals surface area contributed by atoms with Crippen LogP contribution in [-0.2, 0) is 50.6 Å². The molecule has 0 saturated carbocycles. The zero-order valence-corrected chi connectivity index (χ0v) is 41.5. The molecule has 0 spiro atoms. The summed E-state index contributed by atoms with van der Waals surface area (Å²) in [5.74, 6) is -1.000. The van der Waals surface area contributed by atoms with Gasteiger partial charge in [-0.2, -0.15) is 52.0 Å². The van der Waals surface area contributed by atoms with Gasteiger partial charge < -0.3 is 14.6 Å². The van der Waals surface area contributed by atoms with Crippen molar-refractivity contribution in [2.45, 2.75) is 24.5 Å². The second-order valence-electron chi connectivity index (χ2n) is 15.4. The molecule has 0 unspecified atom stereocenters. The summed E-state index contributed by atoms with van der Waals surface area (Å²) >= 11 is 0. The predicted molar refractivity (Wildman–Crippen MR) is 261 cm³/mol. The van der Waals surface area contributed by atoms with E-state index in [9.17, 15) is 80.1 Å². The molecule has 1 heterocycles. The molecule has 1 aromatic heterocycles. The van der Waals surface area contributed by atoms with Crippen LogP contribution in [0.1, 0.15) is 11.1 Å². The summed E-state index contributed by atoms with van der Waals surface area (Å²) in [7, 11) is -22.8. The van der Waals surface area contributed by atoms with E-state index in [0.29, 0.717) is 12.1 Å². The molecule has 0 aliphatic rings. The molecule has 8 rings (SSSR count). The molecule has 388 valence electrons. The fourth-order valence-electron chi connectivity index (χ4n) is 7.35. The minimum atomic E-state index is -5.20. The number of non-ortho nitro benzene ring substituents is 1. The Bertz CT molecular complexity index is 4470. The van der Waals surface area contributed by atoms with Crippen molar-refractivity contribution >= 4 is 124 Å². The zero-order valence-electron chi connectivity index (χ0n) is 37.4. The predicted octanol–water partition coefficient (Wildman–Crippen LogP) is 7.59. The van der Waals surface area contributed by atoms with Gasteiger partial charge >= 0.3 is 0 Å².